The Labute approximate surface area is 175 Å². The molecule has 120 valence electrons. The van der Waals surface area contributed by atoms with Gasteiger partial charge in [0, 0.05) is 0 Å². The summed E-state index contributed by atoms with van der Waals surface area (Å²) in [5, 5.41) is 0. The van der Waals surface area contributed by atoms with Crippen LogP contribution >= 0.6 is 81.8 Å². The van der Waals surface area contributed by atoms with Crippen LogP contribution < -0.4 is 0 Å². The fraction of sp³-hybridized carbons (Fsp3) is 0. The van der Waals surface area contributed by atoms with Gasteiger partial charge < -0.3 is 0 Å². The van der Waals surface area contributed by atoms with Gasteiger partial charge in [0.25, 0.3) is 0 Å². The van der Waals surface area contributed by atoms with Gasteiger partial charge in [0.15, 0.2) is 17.5 Å². The Morgan fingerprint density at radius 3 is 1.00 bits per heavy atom. The highest BCUT2D eigenvalue weighted by atomic mass is 79.9. The zero-order chi connectivity index (χ0) is 16.7. The highest BCUT2D eigenvalue weighted by molar-refractivity contribution is 9.11. The average Bonchev–Trinajstić information content (AvgIpc) is 3.28. The maximum atomic E-state index is 4.68. The maximum Gasteiger partial charge on any atom is 0.174 e. The molecule has 0 saturated carbocycles. The van der Waals surface area contributed by atoms with Crippen LogP contribution in [0.3, 0.4) is 0 Å². The van der Waals surface area contributed by atoms with Gasteiger partial charge in [0.05, 0.1) is 26.0 Å². The summed E-state index contributed by atoms with van der Waals surface area (Å²) < 4.78 is 3.16. The monoisotopic (exact) mass is 561 g/mol. The number of thiophene rings is 3. The van der Waals surface area contributed by atoms with Gasteiger partial charge in [-0.05, 0) is 84.2 Å². The molecule has 0 atom stereocenters. The molecule has 0 radical (unpaired) electrons. The second-order valence-electron chi connectivity index (χ2n) is 4.62. The lowest BCUT2D eigenvalue weighted by Gasteiger charge is -2.04. The first-order valence-electron chi connectivity index (χ1n) is 6.62. The van der Waals surface area contributed by atoms with E-state index in [0.717, 1.165) is 26.0 Å². The van der Waals surface area contributed by atoms with E-state index >= 15 is 0 Å². The molecule has 0 unspecified atom stereocenters. The van der Waals surface area contributed by atoms with Crippen LogP contribution in [-0.2, 0) is 0 Å². The lowest BCUT2D eigenvalue weighted by atomic mass is 10.3. The lowest BCUT2D eigenvalue weighted by molar-refractivity contribution is 1.09. The molecule has 3 nitrogen and oxygen atoms in total. The van der Waals surface area contributed by atoms with E-state index in [1.165, 1.54) is 0 Å². The summed E-state index contributed by atoms with van der Waals surface area (Å²) in [5.41, 5.74) is 0. The van der Waals surface area contributed by atoms with E-state index in [-0.39, 0.29) is 0 Å². The molecule has 0 bridgehead atoms. The standard InChI is InChI=1S/C15H6Br3N3S3/c16-10-4-1-7(22-10)13-19-14(8-2-5-11(17)23-8)21-15(20-13)9-3-6-12(18)24-9/h1-6H. The molecular formula is C15H6Br3N3S3. The van der Waals surface area contributed by atoms with Gasteiger partial charge in [-0.15, -0.1) is 34.0 Å². The Morgan fingerprint density at radius 2 is 0.792 bits per heavy atom. The molecule has 0 aliphatic heterocycles. The number of rotatable bonds is 3. The molecule has 0 aliphatic rings. The van der Waals surface area contributed by atoms with Crippen LogP contribution in [0.25, 0.3) is 32.1 Å². The van der Waals surface area contributed by atoms with Crippen LogP contribution in [0.2, 0.25) is 0 Å². The molecule has 0 aliphatic carbocycles. The topological polar surface area (TPSA) is 38.7 Å². The van der Waals surface area contributed by atoms with Crippen molar-refractivity contribution < 1.29 is 0 Å². The second-order valence-corrected chi connectivity index (χ2v) is 12.0. The fourth-order valence-corrected chi connectivity index (χ4v) is 5.97. The van der Waals surface area contributed by atoms with Gasteiger partial charge in [0.1, 0.15) is 0 Å². The van der Waals surface area contributed by atoms with Crippen molar-refractivity contribution >= 4 is 81.8 Å². The predicted octanol–water partition coefficient (Wildman–Crippen LogP) is 7.34. The zero-order valence-corrected chi connectivity index (χ0v) is 18.9. The molecule has 9 heteroatoms. The van der Waals surface area contributed by atoms with Gasteiger partial charge in [-0.1, -0.05) is 0 Å². The van der Waals surface area contributed by atoms with Gasteiger partial charge in [0.2, 0.25) is 0 Å². The molecule has 4 heterocycles. The Hall–Kier alpha value is -0.450. The summed E-state index contributed by atoms with van der Waals surface area (Å²) in [6.45, 7) is 0. The van der Waals surface area contributed by atoms with Crippen molar-refractivity contribution in [2.75, 3.05) is 0 Å². The Balaban J connectivity index is 1.90. The van der Waals surface area contributed by atoms with Crippen LogP contribution in [0, 0.1) is 0 Å². The summed E-state index contributed by atoms with van der Waals surface area (Å²) in [6, 6.07) is 12.1. The normalized spacial score (nSPS) is 11.1. The van der Waals surface area contributed by atoms with Crippen LogP contribution in [0.1, 0.15) is 0 Å². The summed E-state index contributed by atoms with van der Waals surface area (Å²) in [6.07, 6.45) is 0. The number of hydrogen-bond acceptors (Lipinski definition) is 6. The summed E-state index contributed by atoms with van der Waals surface area (Å²) in [7, 11) is 0. The maximum absolute atomic E-state index is 4.68. The first-order chi connectivity index (χ1) is 11.6. The van der Waals surface area contributed by atoms with Crippen molar-refractivity contribution in [1.29, 1.82) is 0 Å². The lowest BCUT2D eigenvalue weighted by Crippen LogP contribution is -1.97. The predicted molar refractivity (Wildman–Crippen MR) is 113 cm³/mol. The quantitative estimate of drug-likeness (QED) is 0.262. The summed E-state index contributed by atoms with van der Waals surface area (Å²) >= 11 is 15.3. The average molecular weight is 564 g/mol. The molecule has 0 amide bonds. The SMILES string of the molecule is Brc1ccc(-c2nc(-c3ccc(Br)s3)nc(-c3ccc(Br)s3)n2)s1. The van der Waals surface area contributed by atoms with Gasteiger partial charge in [-0.25, -0.2) is 15.0 Å². The molecule has 24 heavy (non-hydrogen) atoms. The molecule has 0 N–H and O–H groups in total. The number of halogens is 3. The first kappa shape index (κ1) is 17.0. The minimum absolute atomic E-state index is 0.694. The Morgan fingerprint density at radius 1 is 0.500 bits per heavy atom. The zero-order valence-electron chi connectivity index (χ0n) is 11.7. The molecule has 0 saturated heterocycles. The molecule has 4 aromatic rings. The van der Waals surface area contributed by atoms with Crippen molar-refractivity contribution in [3.05, 3.63) is 47.8 Å². The highest BCUT2D eigenvalue weighted by Gasteiger charge is 2.15. The van der Waals surface area contributed by atoms with Crippen molar-refractivity contribution in [3.8, 4) is 32.1 Å². The molecule has 4 rings (SSSR count). The van der Waals surface area contributed by atoms with Gasteiger partial charge in [-0.2, -0.15) is 0 Å². The highest BCUT2D eigenvalue weighted by Crippen LogP contribution is 2.36. The summed E-state index contributed by atoms with van der Waals surface area (Å²) in [5.74, 6) is 2.08. The van der Waals surface area contributed by atoms with Crippen LogP contribution in [0.5, 0.6) is 0 Å². The Kier molecular flexibility index (Phi) is 4.99. The third kappa shape index (κ3) is 3.56. The van der Waals surface area contributed by atoms with Crippen molar-refractivity contribution in [2.24, 2.45) is 0 Å². The third-order valence-electron chi connectivity index (χ3n) is 3.02. The largest absolute Gasteiger partial charge is 0.206 e. The molecular weight excluding hydrogens is 558 g/mol. The minimum Gasteiger partial charge on any atom is -0.206 e. The number of nitrogens with zero attached hydrogens (tertiary/aromatic N) is 3. The minimum atomic E-state index is 0.694. The molecule has 4 aromatic heterocycles. The first-order valence-corrected chi connectivity index (χ1v) is 11.4. The number of aromatic nitrogens is 3. The van der Waals surface area contributed by atoms with E-state index in [2.05, 4.69) is 62.7 Å². The van der Waals surface area contributed by atoms with Crippen molar-refractivity contribution in [1.82, 2.24) is 15.0 Å². The van der Waals surface area contributed by atoms with Gasteiger partial charge >= 0.3 is 0 Å². The second kappa shape index (κ2) is 7.05. The fourth-order valence-electron chi connectivity index (χ4n) is 2.01. The van der Waals surface area contributed by atoms with Gasteiger partial charge in [-0.3, -0.25) is 0 Å². The van der Waals surface area contributed by atoms with Crippen molar-refractivity contribution in [3.63, 3.8) is 0 Å². The number of hydrogen-bond donors (Lipinski definition) is 0. The third-order valence-corrected chi connectivity index (χ3v) is 7.87. The van der Waals surface area contributed by atoms with E-state index in [1.807, 2.05) is 36.4 Å². The van der Waals surface area contributed by atoms with E-state index in [4.69, 9.17) is 0 Å². The van der Waals surface area contributed by atoms with Crippen LogP contribution in [0.15, 0.2) is 47.8 Å². The smallest absolute Gasteiger partial charge is 0.174 e. The van der Waals surface area contributed by atoms with Crippen molar-refractivity contribution in [2.45, 2.75) is 0 Å². The van der Waals surface area contributed by atoms with Crippen LogP contribution in [-0.4, -0.2) is 15.0 Å². The van der Waals surface area contributed by atoms with Crippen LogP contribution in [0.4, 0.5) is 0 Å². The van der Waals surface area contributed by atoms with E-state index in [1.54, 1.807) is 34.0 Å². The molecule has 0 fully saturated rings. The summed E-state index contributed by atoms with van der Waals surface area (Å²) in [4.78, 5) is 17.1. The Bertz CT molecular complexity index is 880. The van der Waals surface area contributed by atoms with E-state index in [0.29, 0.717) is 17.5 Å². The van der Waals surface area contributed by atoms with E-state index in [9.17, 15) is 0 Å². The molecule has 0 spiro atoms. The molecule has 0 aromatic carbocycles. The van der Waals surface area contributed by atoms with E-state index < -0.39 is 0 Å².